The van der Waals surface area contributed by atoms with Crippen molar-refractivity contribution in [3.05, 3.63) is 54.1 Å². The lowest BCUT2D eigenvalue weighted by Gasteiger charge is -2.17. The summed E-state index contributed by atoms with van der Waals surface area (Å²) in [6.07, 6.45) is 0.163. The molecule has 0 spiro atoms. The Morgan fingerprint density at radius 1 is 1.28 bits per heavy atom. The second-order valence-corrected chi connectivity index (χ2v) is 5.79. The first-order valence-electron chi connectivity index (χ1n) is 7.86. The molecule has 3 rings (SSSR count). The molecule has 126 valence electrons. The minimum absolute atomic E-state index is 0.0870. The van der Waals surface area contributed by atoms with Crippen LogP contribution in [0.5, 0.6) is 5.75 Å². The van der Waals surface area contributed by atoms with Gasteiger partial charge in [0.2, 0.25) is 11.8 Å². The minimum Gasteiger partial charge on any atom is -0.497 e. The Bertz CT molecular complexity index is 840. The van der Waals surface area contributed by atoms with Gasteiger partial charge in [-0.1, -0.05) is 6.07 Å². The van der Waals surface area contributed by atoms with Crippen molar-refractivity contribution in [1.29, 1.82) is 5.26 Å². The number of rotatable bonds is 4. The summed E-state index contributed by atoms with van der Waals surface area (Å²) in [6, 6.07) is 15.9. The van der Waals surface area contributed by atoms with Crippen molar-refractivity contribution in [3.63, 3.8) is 0 Å². The highest BCUT2D eigenvalue weighted by Gasteiger charge is 2.35. The van der Waals surface area contributed by atoms with E-state index < -0.39 is 5.92 Å². The largest absolute Gasteiger partial charge is 0.497 e. The summed E-state index contributed by atoms with van der Waals surface area (Å²) in [5.41, 5.74) is 1.77. The Balaban J connectivity index is 1.68. The molecule has 1 saturated heterocycles. The van der Waals surface area contributed by atoms with E-state index in [-0.39, 0.29) is 18.2 Å². The zero-order valence-corrected chi connectivity index (χ0v) is 13.7. The van der Waals surface area contributed by atoms with Gasteiger partial charge in [-0.15, -0.1) is 0 Å². The molecule has 0 radical (unpaired) electrons. The fourth-order valence-corrected chi connectivity index (χ4v) is 2.81. The fraction of sp³-hybridized carbons (Fsp3) is 0.211. The topological polar surface area (TPSA) is 82.4 Å². The number of anilines is 2. The van der Waals surface area contributed by atoms with Crippen molar-refractivity contribution < 1.29 is 14.3 Å². The van der Waals surface area contributed by atoms with E-state index in [0.29, 0.717) is 23.5 Å². The molecule has 0 aromatic heterocycles. The zero-order chi connectivity index (χ0) is 17.8. The number of hydrogen-bond acceptors (Lipinski definition) is 4. The van der Waals surface area contributed by atoms with Crippen molar-refractivity contribution in [3.8, 4) is 11.8 Å². The number of nitrogens with one attached hydrogen (secondary N) is 1. The number of benzene rings is 2. The molecule has 0 aliphatic carbocycles. The molecule has 1 aliphatic rings. The molecule has 1 N–H and O–H groups in total. The highest BCUT2D eigenvalue weighted by Crippen LogP contribution is 2.27. The average Bonchev–Trinajstić information content (AvgIpc) is 3.04. The van der Waals surface area contributed by atoms with Crippen LogP contribution in [0.3, 0.4) is 0 Å². The number of amides is 2. The zero-order valence-electron chi connectivity index (χ0n) is 13.7. The summed E-state index contributed by atoms with van der Waals surface area (Å²) >= 11 is 0. The van der Waals surface area contributed by atoms with E-state index in [1.165, 1.54) is 0 Å². The van der Waals surface area contributed by atoms with Gasteiger partial charge in [0.05, 0.1) is 24.7 Å². The Labute approximate surface area is 145 Å². The number of carbonyl (C=O) groups is 2. The van der Waals surface area contributed by atoms with E-state index in [9.17, 15) is 9.59 Å². The lowest BCUT2D eigenvalue weighted by molar-refractivity contribution is -0.122. The molecule has 1 unspecified atom stereocenters. The first-order chi connectivity index (χ1) is 12.1. The highest BCUT2D eigenvalue weighted by atomic mass is 16.5. The van der Waals surface area contributed by atoms with E-state index in [1.807, 2.05) is 6.07 Å². The van der Waals surface area contributed by atoms with E-state index in [4.69, 9.17) is 10.00 Å². The molecule has 1 fully saturated rings. The number of methoxy groups -OCH3 is 1. The third kappa shape index (κ3) is 3.61. The van der Waals surface area contributed by atoms with Crippen LogP contribution >= 0.6 is 0 Å². The van der Waals surface area contributed by atoms with Crippen molar-refractivity contribution in [2.75, 3.05) is 23.9 Å². The van der Waals surface area contributed by atoms with Crippen molar-refractivity contribution in [2.24, 2.45) is 5.92 Å². The molecule has 1 atom stereocenters. The molecular formula is C19H17N3O3. The third-order valence-corrected chi connectivity index (χ3v) is 4.14. The third-order valence-electron chi connectivity index (χ3n) is 4.14. The second-order valence-electron chi connectivity index (χ2n) is 5.79. The molecule has 6 heteroatoms. The lowest BCUT2D eigenvalue weighted by atomic mass is 10.1. The normalized spacial score (nSPS) is 16.4. The Hall–Kier alpha value is -3.33. The summed E-state index contributed by atoms with van der Waals surface area (Å²) < 4.78 is 5.11. The van der Waals surface area contributed by atoms with Gasteiger partial charge in [-0.05, 0) is 42.5 Å². The van der Waals surface area contributed by atoms with E-state index in [2.05, 4.69) is 5.32 Å². The molecule has 0 saturated carbocycles. The summed E-state index contributed by atoms with van der Waals surface area (Å²) in [5.74, 6) is -0.0297. The van der Waals surface area contributed by atoms with Gasteiger partial charge in [0.1, 0.15) is 5.75 Å². The molecule has 1 aliphatic heterocycles. The van der Waals surface area contributed by atoms with Crippen LogP contribution in [0, 0.1) is 17.2 Å². The summed E-state index contributed by atoms with van der Waals surface area (Å²) in [5, 5.41) is 11.7. The van der Waals surface area contributed by atoms with Crippen LogP contribution in [-0.2, 0) is 9.59 Å². The van der Waals surface area contributed by atoms with Gasteiger partial charge in [0.15, 0.2) is 0 Å². The van der Waals surface area contributed by atoms with Crippen LogP contribution in [0.1, 0.15) is 12.0 Å². The first kappa shape index (κ1) is 16.5. The minimum atomic E-state index is -0.430. The van der Waals surface area contributed by atoms with Crippen LogP contribution in [0.25, 0.3) is 0 Å². The van der Waals surface area contributed by atoms with Gasteiger partial charge in [0, 0.05) is 24.3 Å². The lowest BCUT2D eigenvalue weighted by Crippen LogP contribution is -2.28. The number of ether oxygens (including phenoxy) is 1. The van der Waals surface area contributed by atoms with E-state index >= 15 is 0 Å². The van der Waals surface area contributed by atoms with E-state index in [0.717, 1.165) is 5.69 Å². The van der Waals surface area contributed by atoms with Crippen LogP contribution in [0.4, 0.5) is 11.4 Å². The quantitative estimate of drug-likeness (QED) is 0.931. The molecular weight excluding hydrogens is 318 g/mol. The molecule has 25 heavy (non-hydrogen) atoms. The van der Waals surface area contributed by atoms with Gasteiger partial charge < -0.3 is 15.0 Å². The molecule has 1 heterocycles. The van der Waals surface area contributed by atoms with Gasteiger partial charge in [0.25, 0.3) is 0 Å². The van der Waals surface area contributed by atoms with Crippen LogP contribution < -0.4 is 15.0 Å². The van der Waals surface area contributed by atoms with E-state index in [1.54, 1.807) is 60.5 Å². The van der Waals surface area contributed by atoms with Gasteiger partial charge >= 0.3 is 0 Å². The molecule has 0 bridgehead atoms. The molecule has 2 amide bonds. The Kier molecular flexibility index (Phi) is 4.66. The number of nitriles is 1. The SMILES string of the molecule is COc1ccc(N2CC(C(=O)Nc3cccc(C#N)c3)CC2=O)cc1. The maximum Gasteiger partial charge on any atom is 0.229 e. The van der Waals surface area contributed by atoms with Gasteiger partial charge in [-0.3, -0.25) is 9.59 Å². The Morgan fingerprint density at radius 3 is 2.72 bits per heavy atom. The smallest absolute Gasteiger partial charge is 0.229 e. The first-order valence-corrected chi connectivity index (χ1v) is 7.86. The fourth-order valence-electron chi connectivity index (χ4n) is 2.81. The summed E-state index contributed by atoms with van der Waals surface area (Å²) in [7, 11) is 1.58. The molecule has 6 nitrogen and oxygen atoms in total. The average molecular weight is 335 g/mol. The number of carbonyl (C=O) groups excluding carboxylic acids is 2. The second kappa shape index (κ2) is 7.05. The van der Waals surface area contributed by atoms with Gasteiger partial charge in [-0.25, -0.2) is 0 Å². The maximum absolute atomic E-state index is 12.4. The number of hydrogen-bond donors (Lipinski definition) is 1. The monoisotopic (exact) mass is 335 g/mol. The summed E-state index contributed by atoms with van der Waals surface area (Å²) in [6.45, 7) is 0.328. The predicted octanol–water partition coefficient (Wildman–Crippen LogP) is 2.56. The highest BCUT2D eigenvalue weighted by molar-refractivity contribution is 6.03. The van der Waals surface area contributed by atoms with Crippen molar-refractivity contribution in [1.82, 2.24) is 0 Å². The number of nitrogens with zero attached hydrogens (tertiary/aromatic N) is 2. The van der Waals surface area contributed by atoms with Crippen LogP contribution in [0.2, 0.25) is 0 Å². The summed E-state index contributed by atoms with van der Waals surface area (Å²) in [4.78, 5) is 26.3. The van der Waals surface area contributed by atoms with Crippen molar-refractivity contribution >= 4 is 23.2 Å². The maximum atomic E-state index is 12.4. The molecule has 2 aromatic carbocycles. The molecule has 2 aromatic rings. The van der Waals surface area contributed by atoms with Crippen molar-refractivity contribution in [2.45, 2.75) is 6.42 Å². The van der Waals surface area contributed by atoms with Gasteiger partial charge in [-0.2, -0.15) is 5.26 Å². The standard InChI is InChI=1S/C19H17N3O3/c1-25-17-7-5-16(6-8-17)22-12-14(10-18(22)23)19(24)21-15-4-2-3-13(9-15)11-20/h2-9,14H,10,12H2,1H3,(H,21,24). The Morgan fingerprint density at radius 2 is 2.04 bits per heavy atom. The van der Waals surface area contributed by atoms with Crippen LogP contribution in [0.15, 0.2) is 48.5 Å². The van der Waals surface area contributed by atoms with Crippen LogP contribution in [-0.4, -0.2) is 25.5 Å². The predicted molar refractivity (Wildman–Crippen MR) is 93.2 cm³/mol.